The Morgan fingerprint density at radius 3 is 2.68 bits per heavy atom. The Kier molecular flexibility index (Phi) is 3.90. The second-order valence-corrected chi connectivity index (χ2v) is 6.69. The fourth-order valence-corrected chi connectivity index (χ4v) is 2.92. The lowest BCUT2D eigenvalue weighted by molar-refractivity contribution is -0.00616. The predicted octanol–water partition coefficient (Wildman–Crippen LogP) is 2.65. The third-order valence-electron chi connectivity index (χ3n) is 4.07. The van der Waals surface area contributed by atoms with E-state index < -0.39 is 5.60 Å². The molecule has 2 heterocycles. The number of hydrogen-bond acceptors (Lipinski definition) is 3. The number of piperazine rings is 1. The van der Waals surface area contributed by atoms with Crippen LogP contribution in [0.4, 0.5) is 4.79 Å². The maximum Gasteiger partial charge on any atom is 0.410 e. The third kappa shape index (κ3) is 3.30. The molecule has 19 heavy (non-hydrogen) atoms. The Morgan fingerprint density at radius 1 is 1.37 bits per heavy atom. The monoisotopic (exact) mass is 266 g/mol. The fourth-order valence-electron chi connectivity index (χ4n) is 2.92. The van der Waals surface area contributed by atoms with E-state index in [2.05, 4.69) is 18.4 Å². The first-order valence-corrected chi connectivity index (χ1v) is 7.19. The maximum absolute atomic E-state index is 12.1. The summed E-state index contributed by atoms with van der Waals surface area (Å²) in [6.07, 6.45) is 2.00. The van der Waals surface area contributed by atoms with Gasteiger partial charge in [0.25, 0.3) is 0 Å². The molecule has 0 aromatic heterocycles. The zero-order valence-electron chi connectivity index (χ0n) is 12.6. The predicted molar refractivity (Wildman–Crippen MR) is 76.1 cm³/mol. The molecule has 2 unspecified atom stereocenters. The molecule has 0 saturated carbocycles. The van der Waals surface area contributed by atoms with E-state index in [0.717, 1.165) is 32.5 Å². The first-order valence-electron chi connectivity index (χ1n) is 7.19. The molecule has 2 rings (SSSR count). The summed E-state index contributed by atoms with van der Waals surface area (Å²) in [4.78, 5) is 16.4. The van der Waals surface area contributed by atoms with Crippen LogP contribution >= 0.6 is 0 Å². The van der Waals surface area contributed by atoms with Gasteiger partial charge in [-0.1, -0.05) is 12.2 Å². The van der Waals surface area contributed by atoms with Gasteiger partial charge in [0, 0.05) is 31.7 Å². The third-order valence-corrected chi connectivity index (χ3v) is 4.07. The normalized spacial score (nSPS) is 29.1. The SMILES string of the molecule is C=C1CCC2CN(C(=O)OC(C)(C)C)CCN2C1C. The largest absolute Gasteiger partial charge is 0.444 e. The van der Waals surface area contributed by atoms with Gasteiger partial charge in [-0.25, -0.2) is 4.79 Å². The van der Waals surface area contributed by atoms with Gasteiger partial charge in [0.05, 0.1) is 0 Å². The second-order valence-electron chi connectivity index (χ2n) is 6.69. The van der Waals surface area contributed by atoms with Crippen LogP contribution in [0.2, 0.25) is 0 Å². The smallest absolute Gasteiger partial charge is 0.410 e. The van der Waals surface area contributed by atoms with Crippen molar-refractivity contribution in [2.24, 2.45) is 0 Å². The highest BCUT2D eigenvalue weighted by atomic mass is 16.6. The standard InChI is InChI=1S/C15H26N2O2/c1-11-6-7-13-10-16(8-9-17(13)12(11)2)14(18)19-15(3,4)5/h12-13H,1,6-10H2,2-5H3. The van der Waals surface area contributed by atoms with E-state index in [1.54, 1.807) is 0 Å². The molecule has 0 spiro atoms. The molecule has 0 aliphatic carbocycles. The maximum atomic E-state index is 12.1. The van der Waals surface area contributed by atoms with Crippen molar-refractivity contribution < 1.29 is 9.53 Å². The fraction of sp³-hybridized carbons (Fsp3) is 0.800. The average molecular weight is 266 g/mol. The van der Waals surface area contributed by atoms with Gasteiger partial charge in [0.2, 0.25) is 0 Å². The molecule has 2 fully saturated rings. The number of rotatable bonds is 0. The van der Waals surface area contributed by atoms with Crippen molar-refractivity contribution in [3.8, 4) is 0 Å². The van der Waals surface area contributed by atoms with E-state index >= 15 is 0 Å². The van der Waals surface area contributed by atoms with Gasteiger partial charge < -0.3 is 9.64 Å². The van der Waals surface area contributed by atoms with Gasteiger partial charge in [0.1, 0.15) is 5.60 Å². The molecule has 2 saturated heterocycles. The van der Waals surface area contributed by atoms with Gasteiger partial charge in [-0.2, -0.15) is 0 Å². The number of nitrogens with zero attached hydrogens (tertiary/aromatic N) is 2. The minimum Gasteiger partial charge on any atom is -0.444 e. The van der Waals surface area contributed by atoms with Crippen LogP contribution < -0.4 is 0 Å². The molecule has 4 nitrogen and oxygen atoms in total. The molecule has 0 bridgehead atoms. The van der Waals surface area contributed by atoms with Crippen molar-refractivity contribution in [3.05, 3.63) is 12.2 Å². The highest BCUT2D eigenvalue weighted by Gasteiger charge is 2.36. The van der Waals surface area contributed by atoms with Crippen molar-refractivity contribution in [3.63, 3.8) is 0 Å². The molecule has 0 aromatic rings. The number of carbonyl (C=O) groups excluding carboxylic acids is 1. The summed E-state index contributed by atoms with van der Waals surface area (Å²) in [5.41, 5.74) is 0.907. The molecule has 0 aromatic carbocycles. The summed E-state index contributed by atoms with van der Waals surface area (Å²) in [5, 5.41) is 0. The topological polar surface area (TPSA) is 32.8 Å². The van der Waals surface area contributed by atoms with Crippen LogP contribution in [-0.2, 0) is 4.74 Å². The molecule has 4 heteroatoms. The minimum atomic E-state index is -0.414. The zero-order valence-corrected chi connectivity index (χ0v) is 12.6. The van der Waals surface area contributed by atoms with Crippen LogP contribution in [-0.4, -0.2) is 53.2 Å². The van der Waals surface area contributed by atoms with E-state index in [1.807, 2.05) is 25.7 Å². The Labute approximate surface area is 116 Å². The summed E-state index contributed by atoms with van der Waals surface area (Å²) in [6.45, 7) is 14.6. The highest BCUT2D eigenvalue weighted by molar-refractivity contribution is 5.68. The second kappa shape index (κ2) is 5.16. The Morgan fingerprint density at radius 2 is 2.05 bits per heavy atom. The number of fused-ring (bicyclic) bond motifs is 1. The lowest BCUT2D eigenvalue weighted by Crippen LogP contribution is -2.59. The first kappa shape index (κ1) is 14.4. The van der Waals surface area contributed by atoms with Crippen LogP contribution in [0, 0.1) is 0 Å². The molecule has 2 aliphatic heterocycles. The van der Waals surface area contributed by atoms with E-state index in [4.69, 9.17) is 4.74 Å². The molecule has 0 N–H and O–H groups in total. The lowest BCUT2D eigenvalue weighted by atomic mass is 9.91. The van der Waals surface area contributed by atoms with Gasteiger partial charge in [-0.05, 0) is 40.5 Å². The molecule has 1 amide bonds. The number of amides is 1. The molecule has 108 valence electrons. The molecule has 0 radical (unpaired) electrons. The van der Waals surface area contributed by atoms with E-state index in [0.29, 0.717) is 12.1 Å². The Bertz CT molecular complexity index is 373. The summed E-state index contributed by atoms with van der Waals surface area (Å²) < 4.78 is 5.46. The Hall–Kier alpha value is -1.03. The average Bonchev–Trinajstić information content (AvgIpc) is 2.31. The quantitative estimate of drug-likeness (QED) is 0.632. The van der Waals surface area contributed by atoms with E-state index in [-0.39, 0.29) is 6.09 Å². The van der Waals surface area contributed by atoms with Gasteiger partial charge >= 0.3 is 6.09 Å². The first-order chi connectivity index (χ1) is 8.78. The summed E-state index contributed by atoms with van der Waals surface area (Å²) in [6, 6.07) is 0.904. The molecule has 2 aliphatic rings. The summed E-state index contributed by atoms with van der Waals surface area (Å²) in [5.74, 6) is 0. The lowest BCUT2D eigenvalue weighted by Gasteiger charge is -2.48. The van der Waals surface area contributed by atoms with Crippen molar-refractivity contribution in [2.75, 3.05) is 19.6 Å². The Balaban J connectivity index is 1.96. The van der Waals surface area contributed by atoms with E-state index in [1.165, 1.54) is 5.57 Å². The molecular formula is C15H26N2O2. The van der Waals surface area contributed by atoms with Crippen molar-refractivity contribution >= 4 is 6.09 Å². The van der Waals surface area contributed by atoms with Crippen LogP contribution in [0.15, 0.2) is 12.2 Å². The number of piperidine rings is 1. The summed E-state index contributed by atoms with van der Waals surface area (Å²) >= 11 is 0. The number of hydrogen-bond donors (Lipinski definition) is 0. The zero-order chi connectivity index (χ0) is 14.2. The van der Waals surface area contributed by atoms with E-state index in [9.17, 15) is 4.79 Å². The molecular weight excluding hydrogens is 240 g/mol. The van der Waals surface area contributed by atoms with Crippen molar-refractivity contribution in [2.45, 2.75) is 58.2 Å². The van der Waals surface area contributed by atoms with Gasteiger partial charge in [0.15, 0.2) is 0 Å². The summed E-state index contributed by atoms with van der Waals surface area (Å²) in [7, 11) is 0. The van der Waals surface area contributed by atoms with Gasteiger partial charge in [-0.15, -0.1) is 0 Å². The molecule has 2 atom stereocenters. The van der Waals surface area contributed by atoms with Crippen molar-refractivity contribution in [1.82, 2.24) is 9.80 Å². The van der Waals surface area contributed by atoms with Crippen LogP contribution in [0.5, 0.6) is 0 Å². The number of carbonyl (C=O) groups is 1. The number of ether oxygens (including phenoxy) is 1. The van der Waals surface area contributed by atoms with Crippen LogP contribution in [0.25, 0.3) is 0 Å². The minimum absolute atomic E-state index is 0.177. The van der Waals surface area contributed by atoms with Gasteiger partial charge in [-0.3, -0.25) is 4.90 Å². The van der Waals surface area contributed by atoms with Crippen LogP contribution in [0.3, 0.4) is 0 Å². The van der Waals surface area contributed by atoms with Crippen LogP contribution in [0.1, 0.15) is 40.5 Å². The highest BCUT2D eigenvalue weighted by Crippen LogP contribution is 2.29. The van der Waals surface area contributed by atoms with Crippen molar-refractivity contribution in [1.29, 1.82) is 0 Å².